The molecule has 0 spiro atoms. The first-order chi connectivity index (χ1) is 26.7. The lowest BCUT2D eigenvalue weighted by atomic mass is 9.98. The summed E-state index contributed by atoms with van der Waals surface area (Å²) in [5.41, 5.74) is -0.0692. The molecule has 1 saturated heterocycles. The summed E-state index contributed by atoms with van der Waals surface area (Å²) in [4.78, 5) is 102. The zero-order valence-electron chi connectivity index (χ0n) is 33.9. The molecule has 1 aliphatic rings. The number of nitrogens with zero attached hydrogens (tertiary/aromatic N) is 1. The lowest BCUT2D eigenvalue weighted by Crippen LogP contribution is -2.63. The summed E-state index contributed by atoms with van der Waals surface area (Å²) in [5, 5.41) is 5.31. The molecule has 1 heterocycles. The maximum atomic E-state index is 13.8. The van der Waals surface area contributed by atoms with E-state index in [9.17, 15) is 38.4 Å². The van der Waals surface area contributed by atoms with Gasteiger partial charge in [-0.2, -0.15) is 0 Å². The highest BCUT2D eigenvalue weighted by atomic mass is 16.7. The van der Waals surface area contributed by atoms with Gasteiger partial charge in [-0.15, -0.1) is 0 Å². The quantitative estimate of drug-likeness (QED) is 0.115. The van der Waals surface area contributed by atoms with E-state index in [1.165, 1.54) is 6.92 Å². The van der Waals surface area contributed by atoms with Crippen molar-refractivity contribution in [1.29, 1.82) is 0 Å². The molecule has 0 saturated carbocycles. The van der Waals surface area contributed by atoms with Gasteiger partial charge in [-0.05, 0) is 46.6 Å². The van der Waals surface area contributed by atoms with Gasteiger partial charge in [-0.25, -0.2) is 9.59 Å². The van der Waals surface area contributed by atoms with Crippen LogP contribution in [0.2, 0.25) is 0 Å². The van der Waals surface area contributed by atoms with E-state index in [0.29, 0.717) is 0 Å². The van der Waals surface area contributed by atoms with Gasteiger partial charge in [0.05, 0.1) is 19.6 Å². The van der Waals surface area contributed by atoms with Crippen LogP contribution in [-0.4, -0.2) is 127 Å². The molecule has 3 amide bonds. The molecule has 0 aliphatic carbocycles. The molecule has 1 unspecified atom stereocenters. The van der Waals surface area contributed by atoms with E-state index in [0.717, 1.165) is 38.2 Å². The fraction of sp³-hybridized carbons (Fsp3) is 0.632. The Kier molecular flexibility index (Phi) is 19.4. The Hall–Kier alpha value is -5.30. The molecule has 57 heavy (non-hydrogen) atoms. The first kappa shape index (κ1) is 47.9. The van der Waals surface area contributed by atoms with Gasteiger partial charge in [-0.1, -0.05) is 30.3 Å². The Labute approximate surface area is 331 Å². The Balaban J connectivity index is 2.38. The minimum atomic E-state index is -1.50. The lowest BCUT2D eigenvalue weighted by Gasteiger charge is -2.44. The minimum absolute atomic E-state index is 0.00654. The Morgan fingerprint density at radius 3 is 1.96 bits per heavy atom. The SMILES string of the molecule is CCOC(=O)CC(C(=O)N[C@@H](C)C(=O)OCc1ccccc1)N(CCCO[C@@H]1O[C@H](COC(C)=O)[C@@H](OC(C)=O)[C@H](OC(C)=O)[C@H]1OC(C)=O)C(=O)NC(C)(C)C. The van der Waals surface area contributed by atoms with Crippen LogP contribution in [0.5, 0.6) is 0 Å². The fourth-order valence-corrected chi connectivity index (χ4v) is 5.49. The molecule has 318 valence electrons. The third kappa shape index (κ3) is 17.2. The number of hydrogen-bond donors (Lipinski definition) is 2. The third-order valence-electron chi connectivity index (χ3n) is 7.80. The molecular formula is C38H55N3O16. The molecule has 19 heteroatoms. The number of ether oxygens (including phenoxy) is 8. The van der Waals surface area contributed by atoms with Crippen LogP contribution in [0.25, 0.3) is 0 Å². The Morgan fingerprint density at radius 1 is 0.807 bits per heavy atom. The van der Waals surface area contributed by atoms with E-state index in [-0.39, 0.29) is 32.8 Å². The number of nitrogens with one attached hydrogen (secondary N) is 2. The number of hydrogen-bond acceptors (Lipinski definition) is 16. The highest BCUT2D eigenvalue weighted by molar-refractivity contribution is 5.93. The first-order valence-electron chi connectivity index (χ1n) is 18.4. The van der Waals surface area contributed by atoms with Crippen LogP contribution in [0.1, 0.15) is 80.7 Å². The molecule has 1 fully saturated rings. The van der Waals surface area contributed by atoms with E-state index in [4.69, 9.17) is 37.9 Å². The van der Waals surface area contributed by atoms with Crippen molar-refractivity contribution in [3.05, 3.63) is 35.9 Å². The molecule has 0 radical (unpaired) electrons. The van der Waals surface area contributed by atoms with E-state index in [1.807, 2.05) is 6.07 Å². The molecule has 2 rings (SSSR count). The van der Waals surface area contributed by atoms with Gasteiger partial charge in [0.25, 0.3) is 0 Å². The van der Waals surface area contributed by atoms with Gasteiger partial charge in [0.2, 0.25) is 5.91 Å². The maximum Gasteiger partial charge on any atom is 0.328 e. The van der Waals surface area contributed by atoms with Crippen molar-refractivity contribution >= 4 is 47.8 Å². The van der Waals surface area contributed by atoms with Crippen molar-refractivity contribution < 1.29 is 76.3 Å². The summed E-state index contributed by atoms with van der Waals surface area (Å²) in [6.07, 6.45) is -7.73. The summed E-state index contributed by atoms with van der Waals surface area (Å²) in [7, 11) is 0. The van der Waals surface area contributed by atoms with Crippen molar-refractivity contribution in [2.75, 3.05) is 26.4 Å². The van der Waals surface area contributed by atoms with Crippen LogP contribution in [0.3, 0.4) is 0 Å². The summed E-state index contributed by atoms with van der Waals surface area (Å²) in [6.45, 7) is 11.5. The van der Waals surface area contributed by atoms with Gasteiger partial charge in [-0.3, -0.25) is 28.8 Å². The van der Waals surface area contributed by atoms with Crippen LogP contribution in [0.15, 0.2) is 30.3 Å². The second kappa shape index (κ2) is 23.1. The molecule has 7 atom stereocenters. The average molecular weight is 810 g/mol. The van der Waals surface area contributed by atoms with E-state index >= 15 is 0 Å². The highest BCUT2D eigenvalue weighted by Gasteiger charge is 2.52. The number of urea groups is 1. The van der Waals surface area contributed by atoms with Crippen LogP contribution in [0, 0.1) is 0 Å². The number of amides is 3. The molecule has 1 aromatic rings. The second-order valence-electron chi connectivity index (χ2n) is 14.0. The predicted molar refractivity (Wildman–Crippen MR) is 196 cm³/mol. The summed E-state index contributed by atoms with van der Waals surface area (Å²) in [6, 6.07) is 5.49. The number of carbonyl (C=O) groups is 8. The molecule has 0 bridgehead atoms. The average Bonchev–Trinajstić information content (AvgIpc) is 3.10. The van der Waals surface area contributed by atoms with Gasteiger partial charge in [0.15, 0.2) is 24.6 Å². The van der Waals surface area contributed by atoms with Crippen LogP contribution in [0.4, 0.5) is 4.79 Å². The maximum absolute atomic E-state index is 13.8. The molecular weight excluding hydrogens is 754 g/mol. The smallest absolute Gasteiger partial charge is 0.328 e. The zero-order valence-corrected chi connectivity index (χ0v) is 33.9. The van der Waals surface area contributed by atoms with Crippen molar-refractivity contribution in [2.45, 2.75) is 130 Å². The standard InChI is InChI=1S/C38H55N3O16/c1-10-50-30(46)19-28(34(47)39-22(2)35(48)53-20-27-15-12-11-13-16-27)41(37(49)40-38(7,8)9)17-14-18-51-36-33(56-26(6)45)32(55-25(5)44)31(54-24(4)43)29(57-36)21-52-23(3)42/h11-13,15-16,22,28-29,31-33,36H,10,14,17-21H2,1-9H3,(H,39,47)(H,40,49)/t22-,28?,29+,31+,32-,33+,36+/m0/s1. The normalized spacial score (nSPS) is 20.1. The van der Waals surface area contributed by atoms with Gasteiger partial charge in [0.1, 0.15) is 31.4 Å². The molecule has 2 N–H and O–H groups in total. The largest absolute Gasteiger partial charge is 0.466 e. The Morgan fingerprint density at radius 2 is 1.40 bits per heavy atom. The number of benzene rings is 1. The third-order valence-corrected chi connectivity index (χ3v) is 7.80. The second-order valence-corrected chi connectivity index (χ2v) is 14.0. The van der Waals surface area contributed by atoms with Gasteiger partial charge < -0.3 is 53.4 Å². The summed E-state index contributed by atoms with van der Waals surface area (Å²) in [5.74, 6) is -5.56. The fourth-order valence-electron chi connectivity index (χ4n) is 5.49. The number of rotatable bonds is 19. The van der Waals surface area contributed by atoms with Gasteiger partial charge in [0, 0.05) is 39.8 Å². The van der Waals surface area contributed by atoms with Crippen LogP contribution < -0.4 is 10.6 Å². The van der Waals surface area contributed by atoms with Gasteiger partial charge >= 0.3 is 41.8 Å². The van der Waals surface area contributed by atoms with Crippen molar-refractivity contribution in [3.63, 3.8) is 0 Å². The van der Waals surface area contributed by atoms with E-state index < -0.39 is 109 Å². The molecule has 19 nitrogen and oxygen atoms in total. The number of carbonyl (C=O) groups excluding carboxylic acids is 8. The molecule has 1 aromatic carbocycles. The highest BCUT2D eigenvalue weighted by Crippen LogP contribution is 2.30. The predicted octanol–water partition coefficient (Wildman–Crippen LogP) is 1.86. The first-order valence-corrected chi connectivity index (χ1v) is 18.4. The monoisotopic (exact) mass is 809 g/mol. The Bertz CT molecular complexity index is 1550. The lowest BCUT2D eigenvalue weighted by molar-refractivity contribution is -0.308. The van der Waals surface area contributed by atoms with Crippen molar-refractivity contribution in [3.8, 4) is 0 Å². The van der Waals surface area contributed by atoms with E-state index in [1.54, 1.807) is 52.0 Å². The molecule has 0 aromatic heterocycles. The van der Waals surface area contributed by atoms with Crippen LogP contribution in [-0.2, 0) is 78.1 Å². The zero-order chi connectivity index (χ0) is 42.9. The molecule has 1 aliphatic heterocycles. The van der Waals surface area contributed by atoms with Crippen molar-refractivity contribution in [1.82, 2.24) is 15.5 Å². The summed E-state index contributed by atoms with van der Waals surface area (Å²) < 4.78 is 43.7. The van der Waals surface area contributed by atoms with Crippen molar-refractivity contribution in [2.24, 2.45) is 0 Å². The summed E-state index contributed by atoms with van der Waals surface area (Å²) >= 11 is 0. The topological polar surface area (TPSA) is 238 Å². The van der Waals surface area contributed by atoms with E-state index in [2.05, 4.69) is 10.6 Å². The van der Waals surface area contributed by atoms with Crippen LogP contribution >= 0.6 is 0 Å². The minimum Gasteiger partial charge on any atom is -0.466 e. The number of esters is 6.